The second-order valence-corrected chi connectivity index (χ2v) is 5.47. The third-order valence-corrected chi connectivity index (χ3v) is 3.65. The first-order chi connectivity index (χ1) is 10.2. The van der Waals surface area contributed by atoms with Gasteiger partial charge in [0.05, 0.1) is 6.61 Å². The maximum Gasteiger partial charge on any atom is 0.158 e. The third-order valence-electron chi connectivity index (χ3n) is 3.65. The zero-order valence-electron chi connectivity index (χ0n) is 13.2. The number of methoxy groups -OCH3 is 1. The van der Waals surface area contributed by atoms with Crippen molar-refractivity contribution in [2.24, 2.45) is 5.92 Å². The summed E-state index contributed by atoms with van der Waals surface area (Å²) in [4.78, 5) is 8.97. The van der Waals surface area contributed by atoms with Crippen LogP contribution < -0.4 is 10.6 Å². The number of aromatic nitrogens is 2. The van der Waals surface area contributed by atoms with Crippen molar-refractivity contribution in [2.45, 2.75) is 39.3 Å². The predicted octanol–water partition coefficient (Wildman–Crippen LogP) is 2.28. The van der Waals surface area contributed by atoms with Crippen LogP contribution >= 0.6 is 0 Å². The molecule has 1 saturated heterocycles. The molecule has 1 aromatic rings. The van der Waals surface area contributed by atoms with E-state index in [1.165, 1.54) is 0 Å². The first-order valence-electron chi connectivity index (χ1n) is 7.68. The highest BCUT2D eigenvalue weighted by molar-refractivity contribution is 5.48. The van der Waals surface area contributed by atoms with Crippen molar-refractivity contribution >= 4 is 11.6 Å². The second-order valence-electron chi connectivity index (χ2n) is 5.47. The second kappa shape index (κ2) is 8.14. The highest BCUT2D eigenvalue weighted by Crippen LogP contribution is 2.20. The van der Waals surface area contributed by atoms with Gasteiger partial charge >= 0.3 is 0 Å². The van der Waals surface area contributed by atoms with Crippen LogP contribution in [0.3, 0.4) is 0 Å². The van der Waals surface area contributed by atoms with E-state index in [0.29, 0.717) is 24.4 Å². The van der Waals surface area contributed by atoms with Gasteiger partial charge in [0.2, 0.25) is 0 Å². The Labute approximate surface area is 126 Å². The number of hydrogen-bond donors (Lipinski definition) is 2. The van der Waals surface area contributed by atoms with E-state index >= 15 is 0 Å². The summed E-state index contributed by atoms with van der Waals surface area (Å²) in [7, 11) is 1.65. The molecule has 0 saturated carbocycles. The largest absolute Gasteiger partial charge is 0.381 e. The van der Waals surface area contributed by atoms with Crippen molar-refractivity contribution in [3.8, 4) is 0 Å². The van der Waals surface area contributed by atoms with Crippen molar-refractivity contribution in [2.75, 3.05) is 37.5 Å². The van der Waals surface area contributed by atoms with Gasteiger partial charge in [-0.25, -0.2) is 9.97 Å². The van der Waals surface area contributed by atoms with Crippen molar-refractivity contribution in [3.63, 3.8) is 0 Å². The molecule has 2 N–H and O–H groups in total. The lowest BCUT2D eigenvalue weighted by Crippen LogP contribution is -2.27. The number of ether oxygens (including phenoxy) is 2. The summed E-state index contributed by atoms with van der Waals surface area (Å²) in [6.07, 6.45) is 2.16. The molecule has 2 atom stereocenters. The van der Waals surface area contributed by atoms with Crippen molar-refractivity contribution in [1.29, 1.82) is 0 Å². The molecule has 1 aromatic heterocycles. The number of rotatable bonds is 8. The van der Waals surface area contributed by atoms with Crippen LogP contribution in [0.2, 0.25) is 0 Å². The van der Waals surface area contributed by atoms with E-state index in [0.717, 1.165) is 44.2 Å². The zero-order chi connectivity index (χ0) is 15.1. The maximum absolute atomic E-state index is 5.45. The lowest BCUT2D eigenvalue weighted by atomic mass is 10.0. The standard InChI is InChI=1S/C15H26N4O2/c1-4-6-16-13-8-14(19-15(18-13)10-20-3)17-11(2)12-5-7-21-9-12/h8,11-12H,4-7,9-10H2,1-3H3,(H2,16,17,18,19). The van der Waals surface area contributed by atoms with Gasteiger partial charge in [-0.3, -0.25) is 0 Å². The van der Waals surface area contributed by atoms with Crippen LogP contribution in [-0.4, -0.2) is 42.9 Å². The molecule has 6 heteroatoms. The van der Waals surface area contributed by atoms with E-state index in [1.807, 2.05) is 6.07 Å². The molecule has 0 spiro atoms. The topological polar surface area (TPSA) is 68.3 Å². The van der Waals surface area contributed by atoms with Crippen LogP contribution in [0.15, 0.2) is 6.07 Å². The highest BCUT2D eigenvalue weighted by atomic mass is 16.5. The Morgan fingerprint density at radius 2 is 2.24 bits per heavy atom. The van der Waals surface area contributed by atoms with Crippen molar-refractivity contribution < 1.29 is 9.47 Å². The number of nitrogens with zero attached hydrogens (tertiary/aromatic N) is 2. The minimum absolute atomic E-state index is 0.330. The van der Waals surface area contributed by atoms with Gasteiger partial charge in [-0.05, 0) is 19.8 Å². The molecule has 0 radical (unpaired) electrons. The molecule has 2 rings (SSSR count). The van der Waals surface area contributed by atoms with Gasteiger partial charge in [0.15, 0.2) is 5.82 Å². The smallest absolute Gasteiger partial charge is 0.158 e. The van der Waals surface area contributed by atoms with Crippen LogP contribution in [-0.2, 0) is 16.1 Å². The van der Waals surface area contributed by atoms with Gasteiger partial charge in [0, 0.05) is 38.3 Å². The Kier molecular flexibility index (Phi) is 6.20. The molecule has 2 heterocycles. The maximum atomic E-state index is 5.45. The number of anilines is 2. The summed E-state index contributed by atoms with van der Waals surface area (Å²) in [5, 5.41) is 6.78. The summed E-state index contributed by atoms with van der Waals surface area (Å²) in [5.74, 6) is 2.92. The van der Waals surface area contributed by atoms with E-state index < -0.39 is 0 Å². The van der Waals surface area contributed by atoms with Gasteiger partial charge in [-0.2, -0.15) is 0 Å². The number of hydrogen-bond acceptors (Lipinski definition) is 6. The molecule has 2 unspecified atom stereocenters. The fourth-order valence-electron chi connectivity index (χ4n) is 2.41. The van der Waals surface area contributed by atoms with E-state index in [2.05, 4.69) is 34.4 Å². The van der Waals surface area contributed by atoms with Crippen LogP contribution in [0.25, 0.3) is 0 Å². The average molecular weight is 294 g/mol. The third kappa shape index (κ3) is 4.82. The minimum Gasteiger partial charge on any atom is -0.381 e. The lowest BCUT2D eigenvalue weighted by molar-refractivity contribution is 0.178. The van der Waals surface area contributed by atoms with Crippen LogP contribution in [0.5, 0.6) is 0 Å². The minimum atomic E-state index is 0.330. The van der Waals surface area contributed by atoms with Gasteiger partial charge in [-0.15, -0.1) is 0 Å². The molecule has 0 aromatic carbocycles. The van der Waals surface area contributed by atoms with Crippen LogP contribution in [0.1, 0.15) is 32.5 Å². The molecular formula is C15H26N4O2. The Hall–Kier alpha value is -1.40. The van der Waals surface area contributed by atoms with E-state index in [9.17, 15) is 0 Å². The Bertz CT molecular complexity index is 436. The normalized spacial score (nSPS) is 19.5. The molecule has 6 nitrogen and oxygen atoms in total. The van der Waals surface area contributed by atoms with Crippen molar-refractivity contribution in [3.05, 3.63) is 11.9 Å². The summed E-state index contributed by atoms with van der Waals surface area (Å²) < 4.78 is 10.6. The zero-order valence-corrected chi connectivity index (χ0v) is 13.2. The Morgan fingerprint density at radius 1 is 1.43 bits per heavy atom. The molecule has 0 aliphatic carbocycles. The highest BCUT2D eigenvalue weighted by Gasteiger charge is 2.22. The summed E-state index contributed by atoms with van der Waals surface area (Å²) in [6.45, 7) is 7.30. The fraction of sp³-hybridized carbons (Fsp3) is 0.733. The Balaban J connectivity index is 2.06. The summed E-state index contributed by atoms with van der Waals surface area (Å²) in [6, 6.07) is 2.29. The molecule has 0 bridgehead atoms. The molecule has 118 valence electrons. The molecule has 21 heavy (non-hydrogen) atoms. The van der Waals surface area contributed by atoms with E-state index in [1.54, 1.807) is 7.11 Å². The van der Waals surface area contributed by atoms with Crippen LogP contribution in [0, 0.1) is 5.92 Å². The Morgan fingerprint density at radius 3 is 2.90 bits per heavy atom. The lowest BCUT2D eigenvalue weighted by Gasteiger charge is -2.20. The molecule has 1 fully saturated rings. The van der Waals surface area contributed by atoms with Crippen LogP contribution in [0.4, 0.5) is 11.6 Å². The summed E-state index contributed by atoms with van der Waals surface area (Å²) >= 11 is 0. The molecule has 0 amide bonds. The fourth-order valence-corrected chi connectivity index (χ4v) is 2.41. The number of nitrogens with one attached hydrogen (secondary N) is 2. The van der Waals surface area contributed by atoms with Crippen molar-refractivity contribution in [1.82, 2.24) is 9.97 Å². The van der Waals surface area contributed by atoms with Gasteiger partial charge in [0.1, 0.15) is 18.2 Å². The monoisotopic (exact) mass is 294 g/mol. The van der Waals surface area contributed by atoms with E-state index in [-0.39, 0.29) is 0 Å². The van der Waals surface area contributed by atoms with Gasteiger partial charge in [-0.1, -0.05) is 6.92 Å². The quantitative estimate of drug-likeness (QED) is 0.766. The average Bonchev–Trinajstić information content (AvgIpc) is 2.99. The van der Waals surface area contributed by atoms with E-state index in [4.69, 9.17) is 9.47 Å². The first-order valence-corrected chi connectivity index (χ1v) is 7.68. The predicted molar refractivity (Wildman–Crippen MR) is 83.5 cm³/mol. The van der Waals surface area contributed by atoms with Gasteiger partial charge in [0.25, 0.3) is 0 Å². The van der Waals surface area contributed by atoms with Gasteiger partial charge < -0.3 is 20.1 Å². The first kappa shape index (κ1) is 16.0. The molecular weight excluding hydrogens is 268 g/mol. The SMILES string of the molecule is CCCNc1cc(NC(C)C2CCOC2)nc(COC)n1. The molecule has 1 aliphatic heterocycles. The molecule has 1 aliphatic rings. The summed E-state index contributed by atoms with van der Waals surface area (Å²) in [5.41, 5.74) is 0.